The van der Waals surface area contributed by atoms with Gasteiger partial charge in [-0.05, 0) is 85.5 Å². The van der Waals surface area contributed by atoms with Crippen molar-refractivity contribution in [3.63, 3.8) is 0 Å². The number of likely N-dealkylation sites (N-methyl/N-ethyl adjacent to an activating group) is 1. The van der Waals surface area contributed by atoms with Crippen LogP contribution in [0.25, 0.3) is 0 Å². The van der Waals surface area contributed by atoms with Gasteiger partial charge in [-0.25, -0.2) is 0 Å². The van der Waals surface area contributed by atoms with E-state index in [2.05, 4.69) is 23.5 Å². The molecule has 4 nitrogen and oxygen atoms in total. The molecular formula is C21H30Cl2N2O2. The maximum absolute atomic E-state index is 9.70. The minimum Gasteiger partial charge on any atom is -0.506 e. The second-order valence-electron chi connectivity index (χ2n) is 6.96. The van der Waals surface area contributed by atoms with E-state index in [9.17, 15) is 5.11 Å². The Hall–Kier alpha value is -1.62. The lowest BCUT2D eigenvalue weighted by Crippen LogP contribution is -2.21. The normalized spacial score (nSPS) is 16.4. The molecule has 2 unspecified atom stereocenters. The number of phenolic OH excluding ortho intramolecular Hbond substituents is 1. The fourth-order valence-electron chi connectivity index (χ4n) is 4.02. The maximum Gasteiger partial charge on any atom is 0.138 e. The Morgan fingerprint density at radius 3 is 2.67 bits per heavy atom. The van der Waals surface area contributed by atoms with Crippen LogP contribution in [0.2, 0.25) is 0 Å². The first kappa shape index (κ1) is 23.4. The van der Waals surface area contributed by atoms with E-state index in [0.717, 1.165) is 25.1 Å². The van der Waals surface area contributed by atoms with Crippen molar-refractivity contribution in [1.82, 2.24) is 5.32 Å². The van der Waals surface area contributed by atoms with Gasteiger partial charge in [0.1, 0.15) is 11.5 Å². The van der Waals surface area contributed by atoms with E-state index < -0.39 is 0 Å². The standard InChI is InChI=1S/C21H28N2O2.2ClH/c1-23-13-17(14-6-9-21(24)20(22)12-14)10-15-4-3-5-16-11-18(25-2)7-8-19(15)16;;/h6-9,11-12,15,17,23-24H,3-5,10,13,22H2,1-2H3;2*1H. The molecule has 0 aliphatic heterocycles. The highest BCUT2D eigenvalue weighted by Crippen LogP contribution is 2.40. The monoisotopic (exact) mass is 412 g/mol. The van der Waals surface area contributed by atoms with Gasteiger partial charge in [0.15, 0.2) is 0 Å². The van der Waals surface area contributed by atoms with Crippen molar-refractivity contribution in [2.24, 2.45) is 0 Å². The van der Waals surface area contributed by atoms with Crippen LogP contribution in [0.3, 0.4) is 0 Å². The van der Waals surface area contributed by atoms with Gasteiger partial charge in [0.25, 0.3) is 0 Å². The predicted molar refractivity (Wildman–Crippen MR) is 117 cm³/mol. The third-order valence-electron chi connectivity index (χ3n) is 5.33. The Bertz CT molecular complexity index is 740. The molecule has 2 atom stereocenters. The Kier molecular flexibility index (Phi) is 9.23. The molecular weight excluding hydrogens is 383 g/mol. The predicted octanol–water partition coefficient (Wildman–Crippen LogP) is 4.64. The number of phenols is 1. The average Bonchev–Trinajstić information content (AvgIpc) is 2.63. The molecule has 2 aromatic rings. The number of methoxy groups -OCH3 is 1. The molecule has 0 bridgehead atoms. The molecule has 6 heteroatoms. The number of halogens is 2. The summed E-state index contributed by atoms with van der Waals surface area (Å²) in [6, 6.07) is 12.1. The highest BCUT2D eigenvalue weighted by molar-refractivity contribution is 5.85. The Morgan fingerprint density at radius 1 is 1.22 bits per heavy atom. The molecule has 27 heavy (non-hydrogen) atoms. The number of aromatic hydroxyl groups is 1. The molecule has 0 saturated carbocycles. The molecule has 2 aromatic carbocycles. The number of rotatable bonds is 6. The van der Waals surface area contributed by atoms with E-state index in [1.807, 2.05) is 19.2 Å². The van der Waals surface area contributed by atoms with E-state index in [1.54, 1.807) is 13.2 Å². The van der Waals surface area contributed by atoms with Gasteiger partial charge in [0, 0.05) is 6.54 Å². The molecule has 0 aromatic heterocycles. The minimum absolute atomic E-state index is 0. The second kappa shape index (κ2) is 10.6. The number of anilines is 1. The molecule has 0 radical (unpaired) electrons. The van der Waals surface area contributed by atoms with Crippen molar-refractivity contribution in [2.45, 2.75) is 37.5 Å². The molecule has 0 saturated heterocycles. The molecule has 0 fully saturated rings. The minimum atomic E-state index is 0. The van der Waals surface area contributed by atoms with Gasteiger partial charge in [0.2, 0.25) is 0 Å². The maximum atomic E-state index is 9.70. The summed E-state index contributed by atoms with van der Waals surface area (Å²) in [5.41, 5.74) is 10.4. The highest BCUT2D eigenvalue weighted by Gasteiger charge is 2.25. The lowest BCUT2D eigenvalue weighted by atomic mass is 9.76. The summed E-state index contributed by atoms with van der Waals surface area (Å²) >= 11 is 0. The second-order valence-corrected chi connectivity index (χ2v) is 6.96. The Labute approximate surface area is 174 Å². The number of hydrogen-bond acceptors (Lipinski definition) is 4. The summed E-state index contributed by atoms with van der Waals surface area (Å²) < 4.78 is 5.38. The summed E-state index contributed by atoms with van der Waals surface area (Å²) in [5.74, 6) is 2.01. The zero-order valence-electron chi connectivity index (χ0n) is 15.9. The van der Waals surface area contributed by atoms with Crippen molar-refractivity contribution in [3.05, 3.63) is 53.1 Å². The third-order valence-corrected chi connectivity index (χ3v) is 5.33. The largest absolute Gasteiger partial charge is 0.506 e. The number of ether oxygens (including phenoxy) is 1. The molecule has 1 aliphatic carbocycles. The van der Waals surface area contributed by atoms with Crippen LogP contribution in [0.15, 0.2) is 36.4 Å². The van der Waals surface area contributed by atoms with Crippen LogP contribution in [0, 0.1) is 0 Å². The fourth-order valence-corrected chi connectivity index (χ4v) is 4.02. The van der Waals surface area contributed by atoms with Crippen molar-refractivity contribution >= 4 is 30.5 Å². The van der Waals surface area contributed by atoms with Crippen molar-refractivity contribution in [2.75, 3.05) is 26.4 Å². The number of nitrogens with one attached hydrogen (secondary N) is 1. The summed E-state index contributed by atoms with van der Waals surface area (Å²) in [6.45, 7) is 0.895. The lowest BCUT2D eigenvalue weighted by Gasteiger charge is -2.30. The zero-order valence-corrected chi connectivity index (χ0v) is 17.5. The Morgan fingerprint density at radius 2 is 2.00 bits per heavy atom. The summed E-state index contributed by atoms with van der Waals surface area (Å²) in [7, 11) is 3.71. The van der Waals surface area contributed by atoms with Gasteiger partial charge < -0.3 is 20.9 Å². The summed E-state index contributed by atoms with van der Waals surface area (Å²) in [5, 5.41) is 13.0. The van der Waals surface area contributed by atoms with Crippen molar-refractivity contribution < 1.29 is 9.84 Å². The van der Waals surface area contributed by atoms with Gasteiger partial charge in [-0.15, -0.1) is 24.8 Å². The number of nitrogens with two attached hydrogens (primary N) is 1. The third kappa shape index (κ3) is 5.44. The van der Waals surface area contributed by atoms with Crippen LogP contribution in [-0.2, 0) is 6.42 Å². The molecule has 0 heterocycles. The summed E-state index contributed by atoms with van der Waals surface area (Å²) in [6.07, 6.45) is 4.64. The highest BCUT2D eigenvalue weighted by atomic mass is 35.5. The number of hydrogen-bond donors (Lipinski definition) is 3. The average molecular weight is 413 g/mol. The molecule has 0 spiro atoms. The van der Waals surface area contributed by atoms with E-state index in [1.165, 1.54) is 29.5 Å². The van der Waals surface area contributed by atoms with E-state index in [4.69, 9.17) is 10.5 Å². The fraction of sp³-hybridized carbons (Fsp3) is 0.429. The van der Waals surface area contributed by atoms with Crippen molar-refractivity contribution in [3.8, 4) is 11.5 Å². The SMILES string of the molecule is CNCC(CC1CCCc2cc(OC)ccc21)c1ccc(O)c(N)c1.Cl.Cl. The van der Waals surface area contributed by atoms with Gasteiger partial charge >= 0.3 is 0 Å². The van der Waals surface area contributed by atoms with Gasteiger partial charge in [0.05, 0.1) is 12.8 Å². The number of aryl methyl sites for hydroxylation is 1. The Balaban J connectivity index is 0.00000182. The smallest absolute Gasteiger partial charge is 0.138 e. The van der Waals surface area contributed by atoms with Crippen LogP contribution in [0.1, 0.15) is 47.8 Å². The molecule has 1 aliphatic rings. The first-order chi connectivity index (χ1) is 12.1. The number of benzene rings is 2. The van der Waals surface area contributed by atoms with Gasteiger partial charge in [-0.2, -0.15) is 0 Å². The lowest BCUT2D eigenvalue weighted by molar-refractivity contribution is 0.411. The molecule has 3 rings (SSSR count). The van der Waals surface area contributed by atoms with Crippen molar-refractivity contribution in [1.29, 1.82) is 0 Å². The molecule has 150 valence electrons. The van der Waals surface area contributed by atoms with Crippen LogP contribution in [0.5, 0.6) is 11.5 Å². The van der Waals surface area contributed by atoms with Gasteiger partial charge in [-0.3, -0.25) is 0 Å². The van der Waals surface area contributed by atoms with Crippen LogP contribution in [0.4, 0.5) is 5.69 Å². The molecule has 0 amide bonds. The first-order valence-electron chi connectivity index (χ1n) is 9.02. The first-order valence-corrected chi connectivity index (χ1v) is 9.02. The summed E-state index contributed by atoms with van der Waals surface area (Å²) in [4.78, 5) is 0. The van der Waals surface area contributed by atoms with E-state index >= 15 is 0 Å². The van der Waals surface area contributed by atoms with Gasteiger partial charge in [-0.1, -0.05) is 12.1 Å². The van der Waals surface area contributed by atoms with E-state index in [-0.39, 0.29) is 30.6 Å². The topological polar surface area (TPSA) is 67.5 Å². The molecule has 4 N–H and O–H groups in total. The number of fused-ring (bicyclic) bond motifs is 1. The quantitative estimate of drug-likeness (QED) is 0.477. The van der Waals surface area contributed by atoms with Crippen LogP contribution < -0.4 is 15.8 Å². The van der Waals surface area contributed by atoms with Crippen LogP contribution >= 0.6 is 24.8 Å². The number of nitrogen functional groups attached to an aromatic ring is 1. The zero-order chi connectivity index (χ0) is 17.8. The van der Waals surface area contributed by atoms with E-state index in [0.29, 0.717) is 17.5 Å². The van der Waals surface area contributed by atoms with Crippen LogP contribution in [-0.4, -0.2) is 25.8 Å².